The summed E-state index contributed by atoms with van der Waals surface area (Å²) in [7, 11) is 1.70. The summed E-state index contributed by atoms with van der Waals surface area (Å²) in [4.78, 5) is 10.8. The summed E-state index contributed by atoms with van der Waals surface area (Å²) in [5.41, 5.74) is 2.89. The lowest BCUT2D eigenvalue weighted by molar-refractivity contribution is -0.137. The average molecular weight is 452 g/mol. The Labute approximate surface area is 185 Å². The summed E-state index contributed by atoms with van der Waals surface area (Å²) >= 11 is 1.21. The number of ether oxygens (including phenoxy) is 1. The number of aldehydes is 1. The zero-order valence-electron chi connectivity index (χ0n) is 17.8. The number of hydrogen-bond acceptors (Lipinski definition) is 4. The Balaban J connectivity index is 0.000000179. The molecule has 168 valence electrons. The highest BCUT2D eigenvalue weighted by Gasteiger charge is 2.41. The van der Waals surface area contributed by atoms with E-state index in [0.29, 0.717) is 4.90 Å². The molecule has 0 aromatic heterocycles. The van der Waals surface area contributed by atoms with Gasteiger partial charge in [0, 0.05) is 4.90 Å². The third-order valence-corrected chi connectivity index (χ3v) is 6.49. The summed E-state index contributed by atoms with van der Waals surface area (Å²) in [6.45, 7) is 2.17. The largest absolute Gasteiger partial charge is 0.486 e. The summed E-state index contributed by atoms with van der Waals surface area (Å²) in [5, 5.41) is 0. The number of halogens is 3. The highest BCUT2D eigenvalue weighted by atomic mass is 32.2. The topological polar surface area (TPSA) is 38.3 Å². The smallest absolute Gasteiger partial charge is 0.416 e. The highest BCUT2D eigenvalue weighted by molar-refractivity contribution is 7.97. The molecule has 0 saturated heterocycles. The molecular weight excluding hydrogens is 423 g/mol. The van der Waals surface area contributed by atoms with Crippen LogP contribution in [0.25, 0.3) is 0 Å². The number of aryl methyl sites for hydroxylation is 1. The number of carbonyl (C=O) groups excluding carboxylic acids is 1. The molecular formula is C24H28F3NO2S. The Hall–Kier alpha value is -1.99. The van der Waals surface area contributed by atoms with Gasteiger partial charge in [0.25, 0.3) is 0 Å². The third kappa shape index (κ3) is 6.26. The van der Waals surface area contributed by atoms with Crippen LogP contribution in [-0.4, -0.2) is 19.9 Å². The number of rotatable bonds is 6. The molecule has 0 atom stereocenters. The molecule has 0 amide bonds. The number of nitrogens with one attached hydrogen (secondary N) is 1. The molecule has 0 spiro atoms. The van der Waals surface area contributed by atoms with Crippen LogP contribution >= 0.6 is 11.9 Å². The first kappa shape index (κ1) is 23.7. The van der Waals surface area contributed by atoms with E-state index in [9.17, 15) is 18.0 Å². The predicted octanol–water partition coefficient (Wildman–Crippen LogP) is 6.13. The molecule has 0 bridgehead atoms. The lowest BCUT2D eigenvalue weighted by atomic mass is 9.91. The molecule has 0 unspecified atom stereocenters. The molecule has 3 nitrogen and oxygen atoms in total. The van der Waals surface area contributed by atoms with Gasteiger partial charge >= 0.3 is 6.18 Å². The minimum Gasteiger partial charge on any atom is -0.486 e. The van der Waals surface area contributed by atoms with Gasteiger partial charge in [0.1, 0.15) is 12.4 Å². The fourth-order valence-corrected chi connectivity index (χ4v) is 4.38. The molecule has 4 rings (SSSR count). The molecule has 2 aromatic carbocycles. The summed E-state index contributed by atoms with van der Waals surface area (Å²) in [5.74, 6) is 0.898. The van der Waals surface area contributed by atoms with E-state index in [0.717, 1.165) is 43.3 Å². The number of alkyl halides is 3. The Bertz CT molecular complexity index is 887. The number of carbonyl (C=O) groups is 1. The quantitative estimate of drug-likeness (QED) is 0.424. The van der Waals surface area contributed by atoms with E-state index in [4.69, 9.17) is 4.74 Å². The molecule has 1 saturated carbocycles. The van der Waals surface area contributed by atoms with Crippen molar-refractivity contribution in [3.63, 3.8) is 0 Å². The van der Waals surface area contributed by atoms with Gasteiger partial charge in [-0.1, -0.05) is 19.1 Å². The van der Waals surface area contributed by atoms with E-state index in [-0.39, 0.29) is 12.0 Å². The fraction of sp³-hybridized carbons (Fsp3) is 0.458. The number of hydrogen-bond donors (Lipinski definition) is 1. The lowest BCUT2D eigenvalue weighted by Gasteiger charge is -2.18. The van der Waals surface area contributed by atoms with Crippen LogP contribution < -0.4 is 9.46 Å². The fourth-order valence-electron chi connectivity index (χ4n) is 3.77. The molecule has 0 heterocycles. The first-order valence-corrected chi connectivity index (χ1v) is 11.3. The van der Waals surface area contributed by atoms with Crippen LogP contribution in [0.5, 0.6) is 5.75 Å². The van der Waals surface area contributed by atoms with Crippen molar-refractivity contribution in [2.45, 2.75) is 61.9 Å². The second kappa shape index (κ2) is 10.1. The van der Waals surface area contributed by atoms with Gasteiger partial charge in [-0.15, -0.1) is 0 Å². The Kier molecular flexibility index (Phi) is 7.70. The average Bonchev–Trinajstić information content (AvgIpc) is 3.51. The van der Waals surface area contributed by atoms with Crippen LogP contribution in [0.1, 0.15) is 54.9 Å². The zero-order chi connectivity index (χ0) is 22.5. The lowest BCUT2D eigenvalue weighted by Crippen LogP contribution is -2.09. The maximum Gasteiger partial charge on any atom is 0.416 e. The monoisotopic (exact) mass is 451 g/mol. The van der Waals surface area contributed by atoms with E-state index in [2.05, 4.69) is 10.8 Å². The maximum atomic E-state index is 12.8. The Morgan fingerprint density at radius 1 is 1.16 bits per heavy atom. The number of fused-ring (bicyclic) bond motifs is 1. The predicted molar refractivity (Wildman–Crippen MR) is 118 cm³/mol. The summed E-state index contributed by atoms with van der Waals surface area (Å²) in [6, 6.07) is 10.4. The molecule has 1 N–H and O–H groups in total. The van der Waals surface area contributed by atoms with Gasteiger partial charge in [-0.25, -0.2) is 0 Å². The Morgan fingerprint density at radius 3 is 2.55 bits per heavy atom. The third-order valence-electron chi connectivity index (χ3n) is 5.81. The maximum absolute atomic E-state index is 12.8. The van der Waals surface area contributed by atoms with Crippen molar-refractivity contribution < 1.29 is 22.7 Å². The van der Waals surface area contributed by atoms with Crippen LogP contribution in [0.15, 0.2) is 41.3 Å². The molecule has 31 heavy (non-hydrogen) atoms. The van der Waals surface area contributed by atoms with Gasteiger partial charge in [-0.3, -0.25) is 9.52 Å². The first-order chi connectivity index (χ1) is 14.8. The minimum absolute atomic E-state index is 0.0513. The molecule has 2 aliphatic carbocycles. The van der Waals surface area contributed by atoms with Crippen LogP contribution in [0.3, 0.4) is 0 Å². The van der Waals surface area contributed by atoms with E-state index in [1.54, 1.807) is 7.05 Å². The van der Waals surface area contributed by atoms with Crippen LogP contribution in [0.2, 0.25) is 0 Å². The van der Waals surface area contributed by atoms with Gasteiger partial charge < -0.3 is 4.74 Å². The SMILES string of the molecule is CNSc1cc(C(F)(F)F)cc(C2(C)CC2)c1.O=CCOc1cccc2c1CCCC2. The second-order valence-corrected chi connectivity index (χ2v) is 9.27. The first-order valence-electron chi connectivity index (χ1n) is 10.5. The molecule has 0 aliphatic heterocycles. The van der Waals surface area contributed by atoms with Crippen molar-refractivity contribution in [2.24, 2.45) is 0 Å². The van der Waals surface area contributed by atoms with E-state index < -0.39 is 11.7 Å². The highest BCUT2D eigenvalue weighted by Crippen LogP contribution is 2.49. The molecule has 0 radical (unpaired) electrons. The van der Waals surface area contributed by atoms with Crippen molar-refractivity contribution in [1.82, 2.24) is 4.72 Å². The van der Waals surface area contributed by atoms with E-state index in [1.807, 2.05) is 25.1 Å². The van der Waals surface area contributed by atoms with Crippen LogP contribution in [0, 0.1) is 0 Å². The van der Waals surface area contributed by atoms with Gasteiger partial charge in [-0.05, 0) is 104 Å². The van der Waals surface area contributed by atoms with E-state index >= 15 is 0 Å². The van der Waals surface area contributed by atoms with E-state index in [1.165, 1.54) is 48.0 Å². The standard InChI is InChI=1S/C12H14F3NS.C12H14O2/c1-11(3-4-11)8-5-9(12(13,14)15)7-10(6-8)17-16-2;13-8-9-14-12-7-3-5-10-4-1-2-6-11(10)12/h5-7,16H,3-4H2,1-2H3;3,5,7-8H,1-2,4,6,9H2. The molecule has 2 aromatic rings. The van der Waals surface area contributed by atoms with Gasteiger partial charge in [0.15, 0.2) is 6.29 Å². The second-order valence-electron chi connectivity index (χ2n) is 8.19. The molecule has 2 aliphatic rings. The summed E-state index contributed by atoms with van der Waals surface area (Å²) in [6.07, 6.45) is 3.19. The summed E-state index contributed by atoms with van der Waals surface area (Å²) < 4.78 is 46.5. The van der Waals surface area contributed by atoms with Crippen molar-refractivity contribution in [1.29, 1.82) is 0 Å². The van der Waals surface area contributed by atoms with Crippen molar-refractivity contribution in [3.05, 3.63) is 58.7 Å². The minimum atomic E-state index is -4.27. The van der Waals surface area contributed by atoms with Crippen molar-refractivity contribution in [3.8, 4) is 5.75 Å². The van der Waals surface area contributed by atoms with Crippen molar-refractivity contribution in [2.75, 3.05) is 13.7 Å². The van der Waals surface area contributed by atoms with Crippen molar-refractivity contribution >= 4 is 18.2 Å². The Morgan fingerprint density at radius 2 is 1.90 bits per heavy atom. The van der Waals surface area contributed by atoms with Gasteiger partial charge in [-0.2, -0.15) is 13.2 Å². The van der Waals surface area contributed by atoms with Crippen LogP contribution in [0.4, 0.5) is 13.2 Å². The number of benzene rings is 2. The van der Waals surface area contributed by atoms with Crippen LogP contribution in [-0.2, 0) is 29.2 Å². The van der Waals surface area contributed by atoms with Gasteiger partial charge in [0.05, 0.1) is 5.56 Å². The molecule has 1 fully saturated rings. The zero-order valence-corrected chi connectivity index (χ0v) is 18.7. The van der Waals surface area contributed by atoms with Gasteiger partial charge in [0.2, 0.25) is 0 Å². The normalized spacial score (nSPS) is 16.5. The molecule has 7 heteroatoms.